The zero-order valence-electron chi connectivity index (χ0n) is 7.73. The molecule has 1 aliphatic carbocycles. The molecule has 2 heteroatoms. The lowest BCUT2D eigenvalue weighted by Crippen LogP contribution is -2.36. The standard InChI is InChI=1S/C10H17NO/c1-3-8-11-9(12)10(2)6-4-5-7-10/h3H,1,4-8H2,2H3,(H,11,12). The summed E-state index contributed by atoms with van der Waals surface area (Å²) in [7, 11) is 0. The monoisotopic (exact) mass is 167 g/mol. The van der Waals surface area contributed by atoms with Gasteiger partial charge in [-0.1, -0.05) is 25.8 Å². The van der Waals surface area contributed by atoms with Crippen LogP contribution in [0.15, 0.2) is 12.7 Å². The van der Waals surface area contributed by atoms with Crippen molar-refractivity contribution in [3.63, 3.8) is 0 Å². The molecule has 2 nitrogen and oxygen atoms in total. The van der Waals surface area contributed by atoms with Crippen molar-refractivity contribution in [3.8, 4) is 0 Å². The summed E-state index contributed by atoms with van der Waals surface area (Å²) in [5, 5.41) is 2.86. The van der Waals surface area contributed by atoms with Gasteiger partial charge in [0.05, 0.1) is 0 Å². The van der Waals surface area contributed by atoms with Gasteiger partial charge in [-0.2, -0.15) is 0 Å². The fraction of sp³-hybridized carbons (Fsp3) is 0.700. The van der Waals surface area contributed by atoms with E-state index < -0.39 is 0 Å². The highest BCUT2D eigenvalue weighted by molar-refractivity contribution is 5.82. The molecule has 0 radical (unpaired) electrons. The highest BCUT2D eigenvalue weighted by atomic mass is 16.2. The van der Waals surface area contributed by atoms with E-state index in [1.807, 2.05) is 0 Å². The molecular formula is C10H17NO. The predicted molar refractivity (Wildman–Crippen MR) is 49.8 cm³/mol. The Bertz CT molecular complexity index is 180. The van der Waals surface area contributed by atoms with Gasteiger partial charge in [-0.25, -0.2) is 0 Å². The van der Waals surface area contributed by atoms with Gasteiger partial charge in [0.1, 0.15) is 0 Å². The molecule has 1 aliphatic rings. The number of hydrogen-bond donors (Lipinski definition) is 1. The quantitative estimate of drug-likeness (QED) is 0.639. The SMILES string of the molecule is C=CCNC(=O)C1(C)CCCC1. The van der Waals surface area contributed by atoms with Crippen LogP contribution in [0.3, 0.4) is 0 Å². The molecule has 0 unspecified atom stereocenters. The first-order valence-electron chi connectivity index (χ1n) is 4.58. The van der Waals surface area contributed by atoms with Gasteiger partial charge >= 0.3 is 0 Å². The van der Waals surface area contributed by atoms with E-state index >= 15 is 0 Å². The summed E-state index contributed by atoms with van der Waals surface area (Å²) in [5.74, 6) is 0.194. The Labute approximate surface area is 74.0 Å². The molecule has 0 spiro atoms. The zero-order chi connectivity index (χ0) is 9.03. The molecular weight excluding hydrogens is 150 g/mol. The van der Waals surface area contributed by atoms with E-state index in [4.69, 9.17) is 0 Å². The molecule has 1 amide bonds. The number of hydrogen-bond acceptors (Lipinski definition) is 1. The number of amides is 1. The molecule has 0 aromatic carbocycles. The summed E-state index contributed by atoms with van der Waals surface area (Å²) in [6.07, 6.45) is 6.18. The molecule has 0 aromatic rings. The van der Waals surface area contributed by atoms with Gasteiger partial charge in [0, 0.05) is 12.0 Å². The maximum atomic E-state index is 11.6. The summed E-state index contributed by atoms with van der Waals surface area (Å²) in [6, 6.07) is 0. The Hall–Kier alpha value is -0.790. The van der Waals surface area contributed by atoms with E-state index in [0.29, 0.717) is 6.54 Å². The van der Waals surface area contributed by atoms with E-state index in [1.165, 1.54) is 12.8 Å². The fourth-order valence-electron chi connectivity index (χ4n) is 1.76. The van der Waals surface area contributed by atoms with Crippen LogP contribution in [0.4, 0.5) is 0 Å². The van der Waals surface area contributed by atoms with Gasteiger partial charge in [0.2, 0.25) is 5.91 Å². The molecule has 0 atom stereocenters. The summed E-state index contributed by atoms with van der Waals surface area (Å²) < 4.78 is 0. The van der Waals surface area contributed by atoms with Crippen LogP contribution in [0.5, 0.6) is 0 Å². The number of nitrogens with one attached hydrogen (secondary N) is 1. The normalized spacial score (nSPS) is 20.4. The average Bonchev–Trinajstić information content (AvgIpc) is 2.49. The van der Waals surface area contributed by atoms with Crippen LogP contribution in [-0.4, -0.2) is 12.5 Å². The largest absolute Gasteiger partial charge is 0.352 e. The van der Waals surface area contributed by atoms with E-state index in [-0.39, 0.29) is 11.3 Å². The van der Waals surface area contributed by atoms with E-state index in [9.17, 15) is 4.79 Å². The van der Waals surface area contributed by atoms with Gasteiger partial charge in [0.15, 0.2) is 0 Å². The fourth-order valence-corrected chi connectivity index (χ4v) is 1.76. The second-order valence-electron chi connectivity index (χ2n) is 3.77. The Morgan fingerprint density at radius 3 is 2.67 bits per heavy atom. The molecule has 68 valence electrons. The third kappa shape index (κ3) is 1.87. The molecule has 1 fully saturated rings. The molecule has 1 N–H and O–H groups in total. The van der Waals surface area contributed by atoms with Crippen molar-refractivity contribution in [2.45, 2.75) is 32.6 Å². The van der Waals surface area contributed by atoms with Crippen molar-refractivity contribution >= 4 is 5.91 Å². The number of rotatable bonds is 3. The first-order chi connectivity index (χ1) is 5.69. The van der Waals surface area contributed by atoms with Crippen LogP contribution in [-0.2, 0) is 4.79 Å². The second-order valence-corrected chi connectivity index (χ2v) is 3.77. The molecule has 0 aliphatic heterocycles. The predicted octanol–water partition coefficient (Wildman–Crippen LogP) is 1.87. The van der Waals surface area contributed by atoms with Gasteiger partial charge in [-0.05, 0) is 12.8 Å². The first-order valence-corrected chi connectivity index (χ1v) is 4.58. The second kappa shape index (κ2) is 3.74. The lowest BCUT2D eigenvalue weighted by atomic mass is 9.88. The van der Waals surface area contributed by atoms with Crippen molar-refractivity contribution in [1.29, 1.82) is 0 Å². The van der Waals surface area contributed by atoms with Crippen molar-refractivity contribution in [2.24, 2.45) is 5.41 Å². The minimum absolute atomic E-state index is 0.0942. The van der Waals surface area contributed by atoms with E-state index in [0.717, 1.165) is 12.8 Å². The van der Waals surface area contributed by atoms with Crippen LogP contribution in [0.1, 0.15) is 32.6 Å². The Morgan fingerprint density at radius 1 is 1.58 bits per heavy atom. The van der Waals surface area contributed by atoms with Crippen molar-refractivity contribution in [1.82, 2.24) is 5.32 Å². The lowest BCUT2D eigenvalue weighted by Gasteiger charge is -2.21. The highest BCUT2D eigenvalue weighted by Crippen LogP contribution is 2.37. The van der Waals surface area contributed by atoms with E-state index in [1.54, 1.807) is 6.08 Å². The molecule has 1 rings (SSSR count). The zero-order valence-corrected chi connectivity index (χ0v) is 7.73. The van der Waals surface area contributed by atoms with Gasteiger partial charge < -0.3 is 5.32 Å². The third-order valence-corrected chi connectivity index (χ3v) is 2.66. The maximum absolute atomic E-state index is 11.6. The number of carbonyl (C=O) groups is 1. The number of carbonyl (C=O) groups excluding carboxylic acids is 1. The van der Waals surface area contributed by atoms with Crippen molar-refractivity contribution < 1.29 is 4.79 Å². The molecule has 0 heterocycles. The van der Waals surface area contributed by atoms with Crippen LogP contribution in [0.2, 0.25) is 0 Å². The molecule has 12 heavy (non-hydrogen) atoms. The van der Waals surface area contributed by atoms with E-state index in [2.05, 4.69) is 18.8 Å². The first kappa shape index (κ1) is 9.30. The van der Waals surface area contributed by atoms with Gasteiger partial charge in [0.25, 0.3) is 0 Å². The smallest absolute Gasteiger partial charge is 0.226 e. The summed E-state index contributed by atoms with van der Waals surface area (Å²) >= 11 is 0. The molecule has 0 aromatic heterocycles. The minimum atomic E-state index is -0.0942. The summed E-state index contributed by atoms with van der Waals surface area (Å²) in [5.41, 5.74) is -0.0942. The van der Waals surface area contributed by atoms with Gasteiger partial charge in [-0.3, -0.25) is 4.79 Å². The van der Waals surface area contributed by atoms with Crippen molar-refractivity contribution in [3.05, 3.63) is 12.7 Å². The topological polar surface area (TPSA) is 29.1 Å². The third-order valence-electron chi connectivity index (χ3n) is 2.66. The van der Waals surface area contributed by atoms with Gasteiger partial charge in [-0.15, -0.1) is 6.58 Å². The molecule has 0 saturated heterocycles. The van der Waals surface area contributed by atoms with Crippen molar-refractivity contribution in [2.75, 3.05) is 6.54 Å². The Balaban J connectivity index is 2.44. The van der Waals surface area contributed by atoms with Crippen LogP contribution in [0, 0.1) is 5.41 Å². The van der Waals surface area contributed by atoms with Crippen LogP contribution in [0.25, 0.3) is 0 Å². The summed E-state index contributed by atoms with van der Waals surface area (Å²) in [6.45, 7) is 6.21. The lowest BCUT2D eigenvalue weighted by molar-refractivity contribution is -0.129. The average molecular weight is 167 g/mol. The Kier molecular flexibility index (Phi) is 2.90. The van der Waals surface area contributed by atoms with Crippen LogP contribution >= 0.6 is 0 Å². The highest BCUT2D eigenvalue weighted by Gasteiger charge is 2.35. The molecule has 1 saturated carbocycles. The Morgan fingerprint density at radius 2 is 2.17 bits per heavy atom. The minimum Gasteiger partial charge on any atom is -0.352 e. The maximum Gasteiger partial charge on any atom is 0.226 e. The molecule has 0 bridgehead atoms. The van der Waals surface area contributed by atoms with Crippen LogP contribution < -0.4 is 5.32 Å². The summed E-state index contributed by atoms with van der Waals surface area (Å²) in [4.78, 5) is 11.6.